The van der Waals surface area contributed by atoms with E-state index in [1.54, 1.807) is 11.9 Å². The van der Waals surface area contributed by atoms with Crippen LogP contribution in [-0.2, 0) is 49.2 Å². The highest BCUT2D eigenvalue weighted by Gasteiger charge is 2.43. The molecule has 23 nitrogen and oxygen atoms in total. The van der Waals surface area contributed by atoms with Crippen LogP contribution in [0, 0.1) is 0 Å². The number of aromatic amines is 1. The second kappa shape index (κ2) is 22.2. The molecule has 0 aliphatic carbocycles. The van der Waals surface area contributed by atoms with Gasteiger partial charge in [-0.2, -0.15) is 8.62 Å². The fraction of sp³-hybridized carbons (Fsp3) is 0.426. The van der Waals surface area contributed by atoms with E-state index in [-0.39, 0.29) is 43.3 Å². The third kappa shape index (κ3) is 12.6. The molecule has 4 aliphatic heterocycles. The second-order valence-corrected chi connectivity index (χ2v) is 22.4. The lowest BCUT2D eigenvalue weighted by atomic mass is 9.86. The number of phosphoric acid groups is 3. The van der Waals surface area contributed by atoms with Gasteiger partial charge >= 0.3 is 29.2 Å². The normalized spacial score (nSPS) is 20.1. The quantitative estimate of drug-likeness (QED) is 0.0462. The van der Waals surface area contributed by atoms with Crippen molar-refractivity contribution >= 4 is 52.6 Å². The first-order valence-electron chi connectivity index (χ1n) is 23.8. The summed E-state index contributed by atoms with van der Waals surface area (Å²) in [6.45, 7) is 7.34. The van der Waals surface area contributed by atoms with Gasteiger partial charge in [-0.3, -0.25) is 28.5 Å². The molecule has 392 valence electrons. The Kier molecular flexibility index (Phi) is 16.4. The molecule has 4 aromatic rings. The molecular formula is C47H58N6O17P3+. The number of hydrogen-bond donors (Lipinski definition) is 7. The van der Waals surface area contributed by atoms with E-state index in [1.807, 2.05) is 24.3 Å². The summed E-state index contributed by atoms with van der Waals surface area (Å²) >= 11 is 0. The number of nitrogens with one attached hydrogen (secondary N) is 2. The number of aryl methyl sites for hydroxylation is 2. The maximum atomic E-state index is 14.4. The molecule has 4 aliphatic rings. The van der Waals surface area contributed by atoms with E-state index in [4.69, 9.17) is 19.3 Å². The van der Waals surface area contributed by atoms with Crippen LogP contribution in [0.2, 0.25) is 0 Å². The highest BCUT2D eigenvalue weighted by atomic mass is 31.3. The first kappa shape index (κ1) is 53.9. The predicted molar refractivity (Wildman–Crippen MR) is 265 cm³/mol. The van der Waals surface area contributed by atoms with Crippen LogP contribution in [0.5, 0.6) is 11.5 Å². The van der Waals surface area contributed by atoms with Crippen LogP contribution >= 0.6 is 23.5 Å². The van der Waals surface area contributed by atoms with Crippen molar-refractivity contribution in [2.45, 2.75) is 77.2 Å². The molecule has 2 amide bonds. The van der Waals surface area contributed by atoms with Crippen molar-refractivity contribution in [3.8, 4) is 11.5 Å². The minimum atomic E-state index is -5.79. The molecule has 5 atom stereocenters. The van der Waals surface area contributed by atoms with Gasteiger partial charge in [-0.25, -0.2) is 23.1 Å². The molecule has 3 aromatic carbocycles. The first-order valence-corrected chi connectivity index (χ1v) is 28.3. The maximum Gasteiger partial charge on any atom is 0.490 e. The summed E-state index contributed by atoms with van der Waals surface area (Å²) < 4.78 is 62.2. The average Bonchev–Trinajstić information content (AvgIpc) is 3.70. The smallest absolute Gasteiger partial charge is 0.456 e. The first-order chi connectivity index (χ1) is 34.6. The van der Waals surface area contributed by atoms with E-state index < -0.39 is 59.8 Å². The number of rotatable bonds is 19. The summed E-state index contributed by atoms with van der Waals surface area (Å²) in [5.74, 6) is 0.988. The average molecular weight is 1070 g/mol. The maximum absolute atomic E-state index is 14.4. The Morgan fingerprint density at radius 1 is 0.973 bits per heavy atom. The van der Waals surface area contributed by atoms with Gasteiger partial charge in [0.25, 0.3) is 11.5 Å². The Morgan fingerprint density at radius 3 is 2.49 bits per heavy atom. The molecule has 7 N–H and O–H groups in total. The van der Waals surface area contributed by atoms with Crippen molar-refractivity contribution in [2.75, 3.05) is 57.8 Å². The molecule has 2 unspecified atom stereocenters. The molecule has 1 aromatic heterocycles. The van der Waals surface area contributed by atoms with Crippen LogP contribution in [0.25, 0.3) is 11.6 Å². The van der Waals surface area contributed by atoms with Crippen molar-refractivity contribution in [3.05, 3.63) is 126 Å². The van der Waals surface area contributed by atoms with Crippen molar-refractivity contribution in [3.63, 3.8) is 0 Å². The minimum Gasteiger partial charge on any atom is -0.456 e. The van der Waals surface area contributed by atoms with Crippen LogP contribution in [-0.4, -0.2) is 116 Å². The van der Waals surface area contributed by atoms with Crippen LogP contribution < -0.4 is 41.4 Å². The number of aromatic nitrogens is 2. The van der Waals surface area contributed by atoms with Crippen molar-refractivity contribution in [1.29, 1.82) is 0 Å². The minimum absolute atomic E-state index is 0.00843. The second-order valence-electron chi connectivity index (χ2n) is 17.9. The van der Waals surface area contributed by atoms with Gasteiger partial charge in [0.15, 0.2) is 0 Å². The zero-order valence-electron chi connectivity index (χ0n) is 40.2. The summed E-state index contributed by atoms with van der Waals surface area (Å²) in [5.41, 5.74) is 5.12. The lowest BCUT2D eigenvalue weighted by Crippen LogP contribution is -2.39. The zero-order chi connectivity index (χ0) is 52.4. The summed E-state index contributed by atoms with van der Waals surface area (Å²) in [7, 11) is -15.2. The fourth-order valence-electron chi connectivity index (χ4n) is 9.61. The zero-order valence-corrected chi connectivity index (χ0v) is 42.9. The number of aliphatic hydroxyl groups is 1. The third-order valence-electron chi connectivity index (χ3n) is 13.0. The largest absolute Gasteiger partial charge is 0.490 e. The van der Waals surface area contributed by atoms with Crippen molar-refractivity contribution in [1.82, 2.24) is 24.3 Å². The van der Waals surface area contributed by atoms with E-state index in [1.165, 1.54) is 34.3 Å². The van der Waals surface area contributed by atoms with Crippen LogP contribution in [0.15, 0.2) is 70.4 Å². The molecule has 0 bridgehead atoms. The number of hydrogen-bond acceptors (Lipinski definition) is 14. The number of amides is 2. The van der Waals surface area contributed by atoms with Crippen molar-refractivity contribution < 1.29 is 70.6 Å². The molecule has 1 fully saturated rings. The van der Waals surface area contributed by atoms with Gasteiger partial charge in [-0.15, -0.1) is 0 Å². The monoisotopic (exact) mass is 1070 g/mol. The van der Waals surface area contributed by atoms with E-state index in [0.29, 0.717) is 12.0 Å². The van der Waals surface area contributed by atoms with Crippen LogP contribution in [0.3, 0.4) is 0 Å². The molecule has 26 heteroatoms. The molecular weight excluding hydrogens is 1010 g/mol. The Labute approximate surface area is 418 Å². The number of carbonyl (C=O) groups excluding carboxylic acids is 2. The Hall–Kier alpha value is -5.38. The summed E-state index contributed by atoms with van der Waals surface area (Å²) in [4.78, 5) is 95.4. The van der Waals surface area contributed by atoms with Gasteiger partial charge in [-0.1, -0.05) is 30.4 Å². The number of aliphatic hydroxyl groups excluding tert-OH is 1. The number of anilines is 1. The molecule has 73 heavy (non-hydrogen) atoms. The number of benzene rings is 3. The van der Waals surface area contributed by atoms with E-state index >= 15 is 0 Å². The van der Waals surface area contributed by atoms with Gasteiger partial charge in [0.1, 0.15) is 36.9 Å². The molecule has 0 spiro atoms. The number of ether oxygens (including phenoxy) is 2. The lowest BCUT2D eigenvalue weighted by Gasteiger charge is -2.33. The number of phosphoric ester groups is 1. The summed E-state index contributed by atoms with van der Waals surface area (Å²) in [5, 5.41) is 15.4. The highest BCUT2D eigenvalue weighted by Crippen LogP contribution is 2.66. The summed E-state index contributed by atoms with van der Waals surface area (Å²) in [6, 6.07) is 16.4. The molecule has 5 heterocycles. The summed E-state index contributed by atoms with van der Waals surface area (Å²) in [6.07, 6.45) is 3.92. The standard InChI is InChI=1S/C47H57N6O17P3/c1-4-51-20-9-13-29-22-34-39(24-36(29)51)67-40-25-37-30(14-10-21-52(37)5-2)23-35(40)44(34)32-15-6-7-16-33(32)46(57)50(3)19-11-17-42(55)48-18-8-12-31-27-53(47(58)49-45(31)56)43-26-38(54)41(68-43)28-66-72(62,63)70-73(64,65)69-71(59,60)61/h6-8,12,15-16,22-25,27,38,41,43,54H,4-5,9-11,13-14,17-21,26,28H2,1-3H3,(H5-,48,49,55,56,58,59,60,61,62,63,64,65)/p+1/b12-8+/t38-,41+,43+/m0/s1. The molecule has 0 saturated carbocycles. The number of H-pyrrole nitrogens is 1. The van der Waals surface area contributed by atoms with E-state index in [9.17, 15) is 47.8 Å². The topological polar surface area (TPSA) is 309 Å². The highest BCUT2D eigenvalue weighted by molar-refractivity contribution is 7.66. The van der Waals surface area contributed by atoms with Crippen molar-refractivity contribution in [2.24, 2.45) is 0 Å². The van der Waals surface area contributed by atoms with Gasteiger partial charge in [-0.05, 0) is 68.9 Å². The number of fused-ring (bicyclic) bond motifs is 4. The van der Waals surface area contributed by atoms with Gasteiger partial charge in [0, 0.05) is 97.9 Å². The van der Waals surface area contributed by atoms with Crippen LogP contribution in [0.1, 0.15) is 90.4 Å². The molecule has 1 saturated heterocycles. The molecule has 0 radical (unpaired) electrons. The van der Waals surface area contributed by atoms with Gasteiger partial charge in [0.2, 0.25) is 11.3 Å². The Balaban J connectivity index is 0.899. The van der Waals surface area contributed by atoms with E-state index in [0.717, 1.165) is 96.0 Å². The number of carbonyl (C=O) groups is 2. The molecule has 8 rings (SSSR count). The van der Waals surface area contributed by atoms with Gasteiger partial charge in [0.05, 0.1) is 24.3 Å². The Morgan fingerprint density at radius 2 is 1.74 bits per heavy atom. The fourth-order valence-corrected chi connectivity index (χ4v) is 12.6. The SMILES string of the molecule is CCN1CCCc2cc3c(cc21)Oc1cc2c(cc1=C3c1ccccc1C(=O)N(C)CCCC(=O)NC/C=C/c1cn([C@H]3C[C@H](O)[C@@H](COP(=O)(O)OP(=O)(O)OP(=O)(O)O)O3)c(=O)[nH]c1=O)CCC[N+]=2CC. The van der Waals surface area contributed by atoms with E-state index in [2.05, 4.69) is 71.0 Å². The number of nitrogens with zero attached hydrogens (tertiary/aromatic N) is 4. The van der Waals surface area contributed by atoms with Gasteiger partial charge < -0.3 is 49.3 Å². The third-order valence-corrected chi connectivity index (χ3v) is 16.8. The Bertz CT molecular complexity index is 3250. The predicted octanol–water partition coefficient (Wildman–Crippen LogP) is 2.79. The lowest BCUT2D eigenvalue weighted by molar-refractivity contribution is -0.121. The van der Waals surface area contributed by atoms with Crippen LogP contribution in [0.4, 0.5) is 5.69 Å².